The van der Waals surface area contributed by atoms with Gasteiger partial charge < -0.3 is 0 Å². The molecule has 0 bridgehead atoms. The molecule has 2 nitrogen and oxygen atoms in total. The fourth-order valence-corrected chi connectivity index (χ4v) is 7.06. The second-order valence-corrected chi connectivity index (χ2v) is 10.2. The van der Waals surface area contributed by atoms with Crippen molar-refractivity contribution >= 4 is 54.7 Å². The zero-order valence-corrected chi connectivity index (χ0v) is 12.7. The summed E-state index contributed by atoms with van der Waals surface area (Å²) in [5, 5.41) is 0. The molecule has 2 aliphatic rings. The van der Waals surface area contributed by atoms with Crippen molar-refractivity contribution in [2.45, 2.75) is 37.2 Å². The van der Waals surface area contributed by atoms with E-state index >= 15 is 0 Å². The normalized spacial score (nSPS) is 32.5. The van der Waals surface area contributed by atoms with E-state index in [0.29, 0.717) is 9.81 Å². The number of carbonyl (C=O) groups is 2. The van der Waals surface area contributed by atoms with Gasteiger partial charge in [0.2, 0.25) is 0 Å². The third-order valence-corrected chi connectivity index (χ3v) is 8.99. The maximum absolute atomic E-state index is 12.1. The fraction of sp³-hybridized carbons (Fsp3) is 0.600. The largest absolute Gasteiger partial charge is 0.292 e. The van der Waals surface area contributed by atoms with Crippen molar-refractivity contribution in [1.29, 1.82) is 0 Å². The Hall–Kier alpha value is 0.480. The highest BCUT2D eigenvalue weighted by Crippen LogP contribution is 2.59. The molecule has 0 aromatic carbocycles. The summed E-state index contributed by atoms with van der Waals surface area (Å²) in [5.74, 6) is 0.188. The van der Waals surface area contributed by atoms with Gasteiger partial charge in [-0.25, -0.2) is 0 Å². The summed E-state index contributed by atoms with van der Waals surface area (Å²) >= 11 is 0. The van der Waals surface area contributed by atoms with E-state index in [1.54, 1.807) is 0 Å². The van der Waals surface area contributed by atoms with Crippen LogP contribution in [0.1, 0.15) is 27.7 Å². The van der Waals surface area contributed by atoms with Gasteiger partial charge in [-0.3, -0.25) is 9.59 Å². The van der Waals surface area contributed by atoms with Crippen LogP contribution in [0.2, 0.25) is 0 Å². The highest BCUT2D eigenvalue weighted by atomic mass is 33.1. The van der Waals surface area contributed by atoms with Crippen molar-refractivity contribution in [3.63, 3.8) is 0 Å². The molecule has 0 atom stereocenters. The summed E-state index contributed by atoms with van der Waals surface area (Å²) in [5.41, 5.74) is 0. The first-order valence-electron chi connectivity index (χ1n) is 4.81. The minimum absolute atomic E-state index is 0.0941. The standard InChI is InChI=1S/C10H12O2S4/c1-9(2)7(11)5(13-15-9)6-8(12)10(3,4)16-14-6/h1-4H3/b6-5+. The predicted molar refractivity (Wildman–Crippen MR) is 75.6 cm³/mol. The molecule has 2 saturated heterocycles. The van der Waals surface area contributed by atoms with Gasteiger partial charge in [0, 0.05) is 0 Å². The van der Waals surface area contributed by atoms with Crippen LogP contribution in [0.5, 0.6) is 0 Å². The SMILES string of the molecule is CC1(C)SS/C(=C2/SSC(C)(C)C2=O)C1=O. The molecule has 2 aliphatic heterocycles. The summed E-state index contributed by atoms with van der Waals surface area (Å²) in [6.07, 6.45) is 0. The van der Waals surface area contributed by atoms with Crippen LogP contribution in [0.4, 0.5) is 0 Å². The summed E-state index contributed by atoms with van der Waals surface area (Å²) in [6, 6.07) is 0. The van der Waals surface area contributed by atoms with Gasteiger partial charge >= 0.3 is 0 Å². The average molecular weight is 292 g/mol. The van der Waals surface area contributed by atoms with Crippen LogP contribution >= 0.6 is 43.2 Å². The van der Waals surface area contributed by atoms with Gasteiger partial charge in [-0.15, -0.1) is 0 Å². The Bertz CT molecular complexity index is 371. The van der Waals surface area contributed by atoms with Gasteiger partial charge in [-0.1, -0.05) is 43.2 Å². The van der Waals surface area contributed by atoms with Crippen LogP contribution in [0.15, 0.2) is 9.81 Å². The molecule has 0 N–H and O–H groups in total. The van der Waals surface area contributed by atoms with E-state index in [4.69, 9.17) is 0 Å². The topological polar surface area (TPSA) is 34.1 Å². The molecule has 0 aliphatic carbocycles. The number of hydrogen-bond acceptors (Lipinski definition) is 6. The highest BCUT2D eigenvalue weighted by molar-refractivity contribution is 8.81. The van der Waals surface area contributed by atoms with E-state index in [9.17, 15) is 9.59 Å². The minimum atomic E-state index is -0.398. The molecule has 88 valence electrons. The molecular weight excluding hydrogens is 280 g/mol. The summed E-state index contributed by atoms with van der Waals surface area (Å²) in [7, 11) is 5.98. The van der Waals surface area contributed by atoms with Crippen LogP contribution in [-0.4, -0.2) is 21.1 Å². The average Bonchev–Trinajstić information content (AvgIpc) is 2.57. The number of rotatable bonds is 0. The number of hydrogen-bond donors (Lipinski definition) is 0. The van der Waals surface area contributed by atoms with Gasteiger partial charge in [0.25, 0.3) is 0 Å². The van der Waals surface area contributed by atoms with Crippen LogP contribution < -0.4 is 0 Å². The van der Waals surface area contributed by atoms with Crippen molar-refractivity contribution in [3.8, 4) is 0 Å². The number of carbonyl (C=O) groups excluding carboxylic acids is 2. The zero-order chi connectivity index (χ0) is 12.1. The Morgan fingerprint density at radius 1 is 0.750 bits per heavy atom. The second kappa shape index (κ2) is 4.00. The van der Waals surface area contributed by atoms with Crippen molar-refractivity contribution in [2.24, 2.45) is 0 Å². The van der Waals surface area contributed by atoms with Crippen molar-refractivity contribution in [2.75, 3.05) is 0 Å². The van der Waals surface area contributed by atoms with Gasteiger partial charge in [-0.05, 0) is 27.7 Å². The molecular formula is C10H12O2S4. The molecule has 0 spiro atoms. The number of allylic oxidation sites excluding steroid dienone is 2. The smallest absolute Gasteiger partial charge is 0.187 e. The van der Waals surface area contributed by atoms with Crippen LogP contribution in [0, 0.1) is 0 Å². The van der Waals surface area contributed by atoms with Crippen molar-refractivity contribution in [1.82, 2.24) is 0 Å². The lowest BCUT2D eigenvalue weighted by Crippen LogP contribution is -2.26. The molecule has 2 heterocycles. The van der Waals surface area contributed by atoms with E-state index in [1.165, 1.54) is 43.2 Å². The first-order valence-corrected chi connectivity index (χ1v) is 9.11. The molecule has 0 radical (unpaired) electrons. The minimum Gasteiger partial charge on any atom is -0.292 e. The molecule has 16 heavy (non-hydrogen) atoms. The fourth-order valence-electron chi connectivity index (χ4n) is 1.27. The highest BCUT2D eigenvalue weighted by Gasteiger charge is 2.47. The molecule has 0 unspecified atom stereocenters. The Kier molecular flexibility index (Phi) is 3.23. The van der Waals surface area contributed by atoms with E-state index < -0.39 is 9.49 Å². The Morgan fingerprint density at radius 3 is 1.25 bits per heavy atom. The van der Waals surface area contributed by atoms with Gasteiger partial charge in [0.05, 0.1) is 19.3 Å². The zero-order valence-electron chi connectivity index (χ0n) is 9.45. The lowest BCUT2D eigenvalue weighted by atomic mass is 10.0. The first-order chi connectivity index (χ1) is 7.26. The quantitative estimate of drug-likeness (QED) is 0.500. The molecule has 6 heteroatoms. The third kappa shape index (κ3) is 1.98. The van der Waals surface area contributed by atoms with Gasteiger partial charge in [-0.2, -0.15) is 0 Å². The molecule has 2 rings (SSSR count). The van der Waals surface area contributed by atoms with Crippen LogP contribution in [0.25, 0.3) is 0 Å². The number of ketones is 2. The van der Waals surface area contributed by atoms with Crippen LogP contribution in [0.3, 0.4) is 0 Å². The van der Waals surface area contributed by atoms with Crippen molar-refractivity contribution in [3.05, 3.63) is 9.81 Å². The first kappa shape index (κ1) is 12.9. The lowest BCUT2D eigenvalue weighted by Gasteiger charge is -2.11. The summed E-state index contributed by atoms with van der Waals surface area (Å²) in [4.78, 5) is 25.5. The number of Topliss-reactive ketones (excluding diaryl/α,β-unsaturated/α-hetero) is 2. The van der Waals surface area contributed by atoms with E-state index in [1.807, 2.05) is 27.7 Å². The lowest BCUT2D eigenvalue weighted by molar-refractivity contribution is -0.118. The predicted octanol–water partition coefficient (Wildman–Crippen LogP) is 3.68. The molecule has 2 fully saturated rings. The van der Waals surface area contributed by atoms with Crippen LogP contribution in [-0.2, 0) is 9.59 Å². The maximum atomic E-state index is 12.1. The van der Waals surface area contributed by atoms with E-state index in [2.05, 4.69) is 0 Å². The van der Waals surface area contributed by atoms with E-state index in [0.717, 1.165) is 0 Å². The maximum Gasteiger partial charge on any atom is 0.187 e. The molecule has 0 amide bonds. The summed E-state index contributed by atoms with van der Waals surface area (Å²) in [6.45, 7) is 7.62. The summed E-state index contributed by atoms with van der Waals surface area (Å²) < 4.78 is -0.795. The molecule has 0 saturated carbocycles. The Morgan fingerprint density at radius 2 is 1.06 bits per heavy atom. The van der Waals surface area contributed by atoms with Gasteiger partial charge in [0.15, 0.2) is 11.6 Å². The Balaban J connectivity index is 2.40. The van der Waals surface area contributed by atoms with E-state index in [-0.39, 0.29) is 11.6 Å². The Labute approximate surface area is 111 Å². The monoisotopic (exact) mass is 292 g/mol. The van der Waals surface area contributed by atoms with Gasteiger partial charge in [0.1, 0.15) is 0 Å². The third-order valence-electron chi connectivity index (χ3n) is 2.38. The molecule has 0 aromatic heterocycles. The molecule has 0 aromatic rings. The van der Waals surface area contributed by atoms with Crippen molar-refractivity contribution < 1.29 is 9.59 Å². The second-order valence-electron chi connectivity index (χ2n) is 4.67.